The topological polar surface area (TPSA) is 86.7 Å². The first-order valence-electron chi connectivity index (χ1n) is 22.5. The molecule has 0 N–H and O–H groups in total. The Morgan fingerprint density at radius 2 is 0.985 bits per heavy atom. The summed E-state index contributed by atoms with van der Waals surface area (Å²) in [4.78, 5) is 1.94. The Labute approximate surface area is 408 Å². The van der Waals surface area contributed by atoms with Gasteiger partial charge in [0.05, 0.1) is 23.0 Å². The second-order valence-electron chi connectivity index (χ2n) is 19.7. The van der Waals surface area contributed by atoms with E-state index in [2.05, 4.69) is 117 Å². The molecule has 5 aromatic carbocycles. The van der Waals surface area contributed by atoms with Crippen LogP contribution in [0.1, 0.15) is 88.6 Å². The van der Waals surface area contributed by atoms with Gasteiger partial charge in [0.2, 0.25) is 0 Å². The molecule has 0 bridgehead atoms. The highest BCUT2D eigenvalue weighted by molar-refractivity contribution is 8.16. The van der Waals surface area contributed by atoms with Crippen molar-refractivity contribution in [3.8, 4) is 22.3 Å². The number of allylic oxidation sites excluding steroid dienone is 9. The first-order chi connectivity index (χ1) is 31.6. The van der Waals surface area contributed by atoms with Crippen molar-refractivity contribution >= 4 is 59.5 Å². The first kappa shape index (κ1) is 49.9. The van der Waals surface area contributed by atoms with Crippen molar-refractivity contribution in [1.82, 2.24) is 0 Å². The van der Waals surface area contributed by atoms with Gasteiger partial charge in [-0.15, -0.1) is 0 Å². The summed E-state index contributed by atoms with van der Waals surface area (Å²) in [6.45, 7) is 15.8. The lowest BCUT2D eigenvalue weighted by atomic mass is 9.92. The number of aryl methyl sites for hydroxylation is 2. The predicted octanol–water partition coefficient (Wildman–Crippen LogP) is 15.5. The van der Waals surface area contributed by atoms with Crippen LogP contribution in [0.3, 0.4) is 0 Å². The zero-order valence-corrected chi connectivity index (χ0v) is 42.7. The van der Waals surface area contributed by atoms with E-state index in [4.69, 9.17) is 20.0 Å². The number of benzene rings is 5. The highest BCUT2D eigenvalue weighted by Gasteiger charge is 2.23. The van der Waals surface area contributed by atoms with Gasteiger partial charge < -0.3 is 0 Å². The van der Waals surface area contributed by atoms with Crippen LogP contribution >= 0.6 is 23.4 Å². The van der Waals surface area contributed by atoms with E-state index in [1.807, 2.05) is 41.5 Å². The smallest absolute Gasteiger partial charge is 0.266 e. The van der Waals surface area contributed by atoms with Crippen LogP contribution in [0.4, 0.5) is 0 Å². The largest absolute Gasteiger partial charge is 0.296 e. The van der Waals surface area contributed by atoms with Gasteiger partial charge in [-0.3, -0.25) is 8.37 Å². The van der Waals surface area contributed by atoms with Crippen LogP contribution in [0, 0.1) is 24.7 Å². The number of rotatable bonds is 13. The number of halogens is 1. The Hall–Kier alpha value is -5.00. The molecule has 5 aromatic rings. The minimum atomic E-state index is -3.95. The maximum atomic E-state index is 13.1. The molecule has 0 saturated carbocycles. The van der Waals surface area contributed by atoms with Gasteiger partial charge in [-0.25, -0.2) is 0 Å². The van der Waals surface area contributed by atoms with Crippen molar-refractivity contribution in [2.24, 2.45) is 10.8 Å². The van der Waals surface area contributed by atoms with Crippen molar-refractivity contribution in [3.05, 3.63) is 195 Å². The molecule has 1 aliphatic heterocycles. The van der Waals surface area contributed by atoms with Gasteiger partial charge in [-0.05, 0) is 154 Å². The summed E-state index contributed by atoms with van der Waals surface area (Å²) < 4.78 is 63.0. The summed E-state index contributed by atoms with van der Waals surface area (Å²) in [7, 11) is -7.91. The molecule has 0 atom stereocenters. The van der Waals surface area contributed by atoms with Crippen LogP contribution in [-0.2, 0) is 28.6 Å². The van der Waals surface area contributed by atoms with Crippen molar-refractivity contribution in [2.75, 3.05) is 13.2 Å². The maximum Gasteiger partial charge on any atom is 0.296 e. The molecule has 0 amide bonds. The second-order valence-corrected chi connectivity index (χ2v) is 24.4. The Kier molecular flexibility index (Phi) is 15.4. The zero-order valence-electron chi connectivity index (χ0n) is 39.5. The minimum absolute atomic E-state index is 0.0630. The Balaban J connectivity index is 1.21. The molecule has 0 spiro atoms. The van der Waals surface area contributed by atoms with Crippen molar-refractivity contribution < 1.29 is 25.2 Å². The van der Waals surface area contributed by atoms with E-state index in [1.165, 1.54) is 22.9 Å². The molecular weight excluding hydrogens is 912 g/mol. The molecule has 67 heavy (non-hydrogen) atoms. The lowest BCUT2D eigenvalue weighted by Gasteiger charge is -2.19. The van der Waals surface area contributed by atoms with Crippen LogP contribution < -0.4 is 0 Å². The number of hydrogen-bond donors (Lipinski definition) is 0. The van der Waals surface area contributed by atoms with Crippen LogP contribution in [0.15, 0.2) is 177 Å². The van der Waals surface area contributed by atoms with E-state index >= 15 is 0 Å². The van der Waals surface area contributed by atoms with Crippen molar-refractivity contribution in [2.45, 2.75) is 84.4 Å². The number of thioether (sulfide) groups is 1. The van der Waals surface area contributed by atoms with Gasteiger partial charge in [0.1, 0.15) is 0 Å². The van der Waals surface area contributed by atoms with Gasteiger partial charge in [0.15, 0.2) is 0 Å². The molecule has 7 rings (SSSR count). The van der Waals surface area contributed by atoms with E-state index in [9.17, 15) is 16.8 Å². The fourth-order valence-electron chi connectivity index (χ4n) is 7.29. The summed E-state index contributed by atoms with van der Waals surface area (Å²) in [5, 5.41) is 0.738. The molecule has 0 saturated heterocycles. The molecule has 0 radical (unpaired) electrons. The lowest BCUT2D eigenvalue weighted by molar-refractivity contribution is 0.203. The van der Waals surface area contributed by atoms with Crippen molar-refractivity contribution in [1.29, 1.82) is 0 Å². The molecule has 0 fully saturated rings. The first-order valence-corrected chi connectivity index (χ1v) is 26.5. The average molecular weight is 972 g/mol. The van der Waals surface area contributed by atoms with Gasteiger partial charge in [0.25, 0.3) is 20.2 Å². The molecule has 6 nitrogen and oxygen atoms in total. The molecule has 348 valence electrons. The van der Waals surface area contributed by atoms with Gasteiger partial charge in [-0.1, -0.05) is 173 Å². The summed E-state index contributed by atoms with van der Waals surface area (Å²) >= 11 is 8.76. The fraction of sp³-hybridized carbons (Fsp3) is 0.263. The second kappa shape index (κ2) is 20.7. The third-order valence-corrected chi connectivity index (χ3v) is 15.3. The average Bonchev–Trinajstić information content (AvgIpc) is 3.29. The van der Waals surface area contributed by atoms with Gasteiger partial charge in [-0.2, -0.15) is 16.8 Å². The molecule has 0 unspecified atom stereocenters. The Morgan fingerprint density at radius 1 is 0.552 bits per heavy atom. The lowest BCUT2D eigenvalue weighted by Crippen LogP contribution is -2.18. The number of hydrogen-bond acceptors (Lipinski definition) is 7. The van der Waals surface area contributed by atoms with Crippen molar-refractivity contribution in [3.63, 3.8) is 0 Å². The molecule has 10 heteroatoms. The minimum Gasteiger partial charge on any atom is -0.266 e. The summed E-state index contributed by atoms with van der Waals surface area (Å²) in [6, 6.07) is 37.4. The summed E-state index contributed by atoms with van der Waals surface area (Å²) in [6.07, 6.45) is 15.2. The Morgan fingerprint density at radius 3 is 1.42 bits per heavy atom. The highest BCUT2D eigenvalue weighted by atomic mass is 35.5. The van der Waals surface area contributed by atoms with Crippen LogP contribution in [0.5, 0.6) is 0 Å². The van der Waals surface area contributed by atoms with Crippen LogP contribution in [-0.4, -0.2) is 30.0 Å². The van der Waals surface area contributed by atoms with Crippen LogP contribution in [0.25, 0.3) is 38.1 Å². The van der Waals surface area contributed by atoms with Gasteiger partial charge >= 0.3 is 0 Å². The molecule has 2 aliphatic rings. The zero-order chi connectivity index (χ0) is 48.1. The van der Waals surface area contributed by atoms with Gasteiger partial charge in [0, 0.05) is 14.8 Å². The Bertz CT molecular complexity index is 2860. The summed E-state index contributed by atoms with van der Waals surface area (Å²) in [5.41, 5.74) is 12.1. The van der Waals surface area contributed by atoms with E-state index in [0.29, 0.717) is 0 Å². The van der Waals surface area contributed by atoms with Crippen LogP contribution in [0.2, 0.25) is 0 Å². The summed E-state index contributed by atoms with van der Waals surface area (Å²) in [5.74, 6) is 0. The third kappa shape index (κ3) is 13.6. The quantitative estimate of drug-likeness (QED) is 0.109. The molecule has 1 aliphatic carbocycles. The molecule has 0 aromatic heterocycles. The predicted molar refractivity (Wildman–Crippen MR) is 280 cm³/mol. The monoisotopic (exact) mass is 970 g/mol. The SMILES string of the molecule is Cc1ccc(-c2cc(/C=C/C3=C(Cl)C(=C/C=C4C=C(c5ccc(S(=O)(=O)OCC(C)(C)C)cc5)SC(c5ccc(S(=O)(=O)OCC(C)(C)C)cc5)=C4)/CCC3)cc(-c3ccc(C)cc3)c2)cc1. The van der Waals surface area contributed by atoms with E-state index < -0.39 is 20.2 Å². The normalized spacial score (nSPS) is 15.8. The van der Waals surface area contributed by atoms with E-state index in [-0.39, 0.29) is 33.8 Å². The molecule has 1 heterocycles. The maximum absolute atomic E-state index is 13.1. The standard InChI is InChI=1S/C57H59ClO6S3/c1-39-12-18-43(19-13-39)49-32-41(33-50(36-49)44-20-14-40(2)15-21-44)16-22-47-10-9-11-48(55(47)58)23-17-42-34-53(45-24-28-51(29-25-45)66(59,60)63-37-56(3,4)5)65-54(35-42)46-26-30-52(31-27-46)67(61,62)64-38-57(6,7)8/h12-36H,9-11,37-38H2,1-8H3/b22-16+,48-23+. The van der Waals surface area contributed by atoms with E-state index in [0.717, 1.165) is 89.8 Å². The fourth-order valence-corrected chi connectivity index (χ4v) is 11.0. The third-order valence-electron chi connectivity index (χ3n) is 11.1. The molecular formula is C57H59ClO6S3. The highest BCUT2D eigenvalue weighted by Crippen LogP contribution is 2.45. The van der Waals surface area contributed by atoms with E-state index in [1.54, 1.807) is 48.5 Å².